The zero-order valence-corrected chi connectivity index (χ0v) is 15.6. The van der Waals surface area contributed by atoms with Gasteiger partial charge in [-0.2, -0.15) is 0 Å². The van der Waals surface area contributed by atoms with E-state index in [4.69, 9.17) is 23.2 Å². The predicted octanol–water partition coefficient (Wildman–Crippen LogP) is 4.66. The van der Waals surface area contributed by atoms with Crippen molar-refractivity contribution < 1.29 is 4.79 Å². The second-order valence-electron chi connectivity index (χ2n) is 6.31. The first-order valence-electron chi connectivity index (χ1n) is 8.65. The van der Waals surface area contributed by atoms with E-state index in [1.54, 1.807) is 0 Å². The molecular weight excluding hydrogens is 355 g/mol. The summed E-state index contributed by atoms with van der Waals surface area (Å²) in [5.41, 5.74) is 2.35. The lowest BCUT2D eigenvalue weighted by Gasteiger charge is -2.36. The van der Waals surface area contributed by atoms with Crippen molar-refractivity contribution in [1.82, 2.24) is 4.90 Å². The van der Waals surface area contributed by atoms with Crippen molar-refractivity contribution in [2.45, 2.75) is 19.3 Å². The van der Waals surface area contributed by atoms with Crippen LogP contribution in [-0.4, -0.2) is 37.0 Å². The van der Waals surface area contributed by atoms with E-state index in [1.165, 1.54) is 5.56 Å². The monoisotopic (exact) mass is 376 g/mol. The molecule has 0 aromatic heterocycles. The van der Waals surface area contributed by atoms with E-state index in [2.05, 4.69) is 17.0 Å². The van der Waals surface area contributed by atoms with E-state index >= 15 is 0 Å². The molecule has 2 aromatic rings. The number of carbonyl (C=O) groups excluding carboxylic acids is 1. The van der Waals surface area contributed by atoms with E-state index in [0.717, 1.165) is 44.7 Å². The van der Waals surface area contributed by atoms with Crippen LogP contribution in [0.5, 0.6) is 0 Å². The second kappa shape index (κ2) is 8.59. The quantitative estimate of drug-likeness (QED) is 0.756. The lowest BCUT2D eigenvalue weighted by Crippen LogP contribution is -2.48. The smallest absolute Gasteiger partial charge is 0.222 e. The van der Waals surface area contributed by atoms with Gasteiger partial charge in [0, 0.05) is 38.3 Å². The molecule has 1 heterocycles. The number of hydrogen-bond acceptors (Lipinski definition) is 2. The van der Waals surface area contributed by atoms with Gasteiger partial charge in [0.1, 0.15) is 0 Å². The molecule has 3 nitrogen and oxygen atoms in total. The van der Waals surface area contributed by atoms with Crippen LogP contribution in [-0.2, 0) is 11.2 Å². The van der Waals surface area contributed by atoms with Crippen molar-refractivity contribution in [3.63, 3.8) is 0 Å². The van der Waals surface area contributed by atoms with Crippen LogP contribution in [0, 0.1) is 0 Å². The van der Waals surface area contributed by atoms with Gasteiger partial charge in [0.05, 0.1) is 10.0 Å². The topological polar surface area (TPSA) is 23.6 Å². The minimum atomic E-state index is 0.254. The Balaban J connectivity index is 1.45. The van der Waals surface area contributed by atoms with Crippen molar-refractivity contribution in [3.05, 3.63) is 64.1 Å². The summed E-state index contributed by atoms with van der Waals surface area (Å²) < 4.78 is 0. The molecule has 0 N–H and O–H groups in total. The van der Waals surface area contributed by atoms with Gasteiger partial charge >= 0.3 is 0 Å². The average molecular weight is 377 g/mol. The maximum atomic E-state index is 12.4. The highest BCUT2D eigenvalue weighted by Crippen LogP contribution is 2.27. The van der Waals surface area contributed by atoms with Gasteiger partial charge in [-0.05, 0) is 36.6 Å². The fourth-order valence-corrected chi connectivity index (χ4v) is 3.43. The molecule has 0 spiro atoms. The van der Waals surface area contributed by atoms with Gasteiger partial charge in [0.2, 0.25) is 5.91 Å². The highest BCUT2D eigenvalue weighted by molar-refractivity contribution is 6.42. The number of halogens is 2. The summed E-state index contributed by atoms with van der Waals surface area (Å²) in [6.45, 7) is 3.15. The van der Waals surface area contributed by atoms with Crippen LogP contribution in [0.2, 0.25) is 10.0 Å². The molecule has 1 amide bonds. The minimum absolute atomic E-state index is 0.254. The SMILES string of the molecule is O=C(CCCc1ccccc1)N1CCN(c2ccc(Cl)c(Cl)c2)CC1. The molecule has 1 saturated heterocycles. The molecule has 25 heavy (non-hydrogen) atoms. The Bertz CT molecular complexity index is 713. The fraction of sp³-hybridized carbons (Fsp3) is 0.350. The molecule has 0 bridgehead atoms. The van der Waals surface area contributed by atoms with Gasteiger partial charge in [-0.3, -0.25) is 4.79 Å². The van der Waals surface area contributed by atoms with E-state index in [0.29, 0.717) is 16.5 Å². The van der Waals surface area contributed by atoms with E-state index in [-0.39, 0.29) is 5.91 Å². The summed E-state index contributed by atoms with van der Waals surface area (Å²) >= 11 is 12.1. The summed E-state index contributed by atoms with van der Waals surface area (Å²) in [6, 6.07) is 16.0. The van der Waals surface area contributed by atoms with Crippen LogP contribution >= 0.6 is 23.2 Å². The molecule has 1 aliphatic heterocycles. The molecular formula is C20H22Cl2N2O. The maximum Gasteiger partial charge on any atom is 0.222 e. The van der Waals surface area contributed by atoms with Gasteiger partial charge in [-0.15, -0.1) is 0 Å². The van der Waals surface area contributed by atoms with Gasteiger partial charge in [-0.1, -0.05) is 53.5 Å². The minimum Gasteiger partial charge on any atom is -0.368 e. The number of benzene rings is 2. The number of piperazine rings is 1. The Morgan fingerprint density at radius 3 is 2.32 bits per heavy atom. The predicted molar refractivity (Wildman–Crippen MR) is 105 cm³/mol. The van der Waals surface area contributed by atoms with Crippen LogP contribution in [0.4, 0.5) is 5.69 Å². The van der Waals surface area contributed by atoms with E-state index in [9.17, 15) is 4.79 Å². The number of aryl methyl sites for hydroxylation is 1. The maximum absolute atomic E-state index is 12.4. The largest absolute Gasteiger partial charge is 0.368 e. The summed E-state index contributed by atoms with van der Waals surface area (Å²) in [7, 11) is 0. The molecule has 3 rings (SSSR count). The molecule has 0 radical (unpaired) electrons. The van der Waals surface area contributed by atoms with Crippen LogP contribution in [0.25, 0.3) is 0 Å². The second-order valence-corrected chi connectivity index (χ2v) is 7.12. The third-order valence-electron chi connectivity index (χ3n) is 4.60. The third kappa shape index (κ3) is 4.90. The first kappa shape index (κ1) is 18.1. The van der Waals surface area contributed by atoms with Crippen molar-refractivity contribution in [2.24, 2.45) is 0 Å². The summed E-state index contributed by atoms with van der Waals surface area (Å²) in [5, 5.41) is 1.14. The molecule has 0 aliphatic carbocycles. The average Bonchev–Trinajstić information content (AvgIpc) is 2.65. The van der Waals surface area contributed by atoms with Gasteiger partial charge in [0.25, 0.3) is 0 Å². The van der Waals surface area contributed by atoms with Crippen molar-refractivity contribution in [1.29, 1.82) is 0 Å². The molecule has 0 saturated carbocycles. The van der Waals surface area contributed by atoms with Gasteiger partial charge in [-0.25, -0.2) is 0 Å². The standard InChI is InChI=1S/C20H22Cl2N2O/c21-18-10-9-17(15-19(18)22)23-11-13-24(14-12-23)20(25)8-4-7-16-5-2-1-3-6-16/h1-3,5-6,9-10,15H,4,7-8,11-14H2. The van der Waals surface area contributed by atoms with Crippen LogP contribution < -0.4 is 4.90 Å². The Morgan fingerprint density at radius 1 is 0.920 bits per heavy atom. The first-order valence-corrected chi connectivity index (χ1v) is 9.41. The lowest BCUT2D eigenvalue weighted by atomic mass is 10.1. The zero-order chi connectivity index (χ0) is 17.6. The van der Waals surface area contributed by atoms with Crippen LogP contribution in [0.15, 0.2) is 48.5 Å². The number of hydrogen-bond donors (Lipinski definition) is 0. The van der Waals surface area contributed by atoms with Gasteiger partial charge in [0.15, 0.2) is 0 Å². The first-order chi connectivity index (χ1) is 12.1. The van der Waals surface area contributed by atoms with Crippen molar-refractivity contribution in [3.8, 4) is 0 Å². The molecule has 132 valence electrons. The highest BCUT2D eigenvalue weighted by atomic mass is 35.5. The summed E-state index contributed by atoms with van der Waals surface area (Å²) in [5.74, 6) is 0.254. The number of carbonyl (C=O) groups is 1. The van der Waals surface area contributed by atoms with Crippen molar-refractivity contribution >= 4 is 34.8 Å². The molecule has 1 fully saturated rings. The summed E-state index contributed by atoms with van der Waals surface area (Å²) in [4.78, 5) is 16.6. The molecule has 1 aliphatic rings. The zero-order valence-electron chi connectivity index (χ0n) is 14.1. The molecule has 0 atom stereocenters. The van der Waals surface area contributed by atoms with Crippen LogP contribution in [0.3, 0.4) is 0 Å². The lowest BCUT2D eigenvalue weighted by molar-refractivity contribution is -0.131. The van der Waals surface area contributed by atoms with Crippen LogP contribution in [0.1, 0.15) is 18.4 Å². The van der Waals surface area contributed by atoms with E-state index < -0.39 is 0 Å². The Labute approximate surface area is 159 Å². The van der Waals surface area contributed by atoms with Crippen molar-refractivity contribution in [2.75, 3.05) is 31.1 Å². The number of anilines is 1. The molecule has 5 heteroatoms. The number of nitrogens with zero attached hydrogens (tertiary/aromatic N) is 2. The highest BCUT2D eigenvalue weighted by Gasteiger charge is 2.21. The number of amides is 1. The van der Waals surface area contributed by atoms with E-state index in [1.807, 2.05) is 41.3 Å². The normalized spacial score (nSPS) is 14.6. The Morgan fingerprint density at radius 2 is 1.64 bits per heavy atom. The molecule has 0 unspecified atom stereocenters. The van der Waals surface area contributed by atoms with Gasteiger partial charge < -0.3 is 9.80 Å². The Kier molecular flexibility index (Phi) is 6.22. The number of rotatable bonds is 5. The molecule has 2 aromatic carbocycles. The third-order valence-corrected chi connectivity index (χ3v) is 5.34. The summed E-state index contributed by atoms with van der Waals surface area (Å²) in [6.07, 6.45) is 2.47. The fourth-order valence-electron chi connectivity index (χ4n) is 3.14. The Hall–Kier alpha value is -1.71.